The van der Waals surface area contributed by atoms with Crippen molar-refractivity contribution in [2.45, 2.75) is 71.4 Å². The Morgan fingerprint density at radius 3 is 2.69 bits per heavy atom. The van der Waals surface area contributed by atoms with Crippen LogP contribution in [0.4, 0.5) is 0 Å². The summed E-state index contributed by atoms with van der Waals surface area (Å²) >= 11 is 0. The second kappa shape index (κ2) is 8.08. The van der Waals surface area contributed by atoms with Crippen molar-refractivity contribution in [2.75, 3.05) is 13.2 Å². The van der Waals surface area contributed by atoms with Gasteiger partial charge in [0, 0.05) is 12.6 Å². The maximum atomic E-state index is 5.84. The van der Waals surface area contributed by atoms with Gasteiger partial charge < -0.3 is 10.1 Å². The minimum atomic E-state index is 0.511. The zero-order valence-corrected chi connectivity index (χ0v) is 11.3. The fraction of sp³-hybridized carbons (Fsp3) is 1.00. The van der Waals surface area contributed by atoms with E-state index >= 15 is 0 Å². The second-order valence-corrected chi connectivity index (χ2v) is 5.15. The number of hydrogen-bond donors (Lipinski definition) is 1. The average molecular weight is 227 g/mol. The highest BCUT2D eigenvalue weighted by Crippen LogP contribution is 2.22. The summed E-state index contributed by atoms with van der Waals surface area (Å²) in [4.78, 5) is 0. The SMILES string of the molecule is CCCC(C)C(CC1CCCCO1)NCC. The van der Waals surface area contributed by atoms with Gasteiger partial charge in [-0.05, 0) is 44.6 Å². The number of ether oxygens (including phenoxy) is 1. The molecule has 0 aromatic rings. The molecular formula is C14H29NO. The van der Waals surface area contributed by atoms with Crippen LogP contribution in [0.5, 0.6) is 0 Å². The molecule has 0 radical (unpaired) electrons. The lowest BCUT2D eigenvalue weighted by Crippen LogP contribution is -2.39. The zero-order valence-electron chi connectivity index (χ0n) is 11.3. The smallest absolute Gasteiger partial charge is 0.0590 e. The highest BCUT2D eigenvalue weighted by molar-refractivity contribution is 4.78. The Morgan fingerprint density at radius 1 is 1.31 bits per heavy atom. The standard InChI is InChI=1S/C14H29NO/c1-4-8-12(3)14(15-5-2)11-13-9-6-7-10-16-13/h12-15H,4-11H2,1-3H3. The van der Waals surface area contributed by atoms with E-state index in [1.54, 1.807) is 0 Å². The maximum absolute atomic E-state index is 5.84. The van der Waals surface area contributed by atoms with Gasteiger partial charge >= 0.3 is 0 Å². The molecule has 1 fully saturated rings. The van der Waals surface area contributed by atoms with E-state index in [9.17, 15) is 0 Å². The molecule has 16 heavy (non-hydrogen) atoms. The molecule has 3 unspecified atom stereocenters. The Morgan fingerprint density at radius 2 is 2.12 bits per heavy atom. The number of hydrogen-bond acceptors (Lipinski definition) is 2. The molecule has 1 aliphatic heterocycles. The first kappa shape index (κ1) is 14.0. The minimum Gasteiger partial charge on any atom is -0.378 e. The van der Waals surface area contributed by atoms with Crippen LogP contribution >= 0.6 is 0 Å². The fourth-order valence-electron chi connectivity index (χ4n) is 2.71. The quantitative estimate of drug-likeness (QED) is 0.720. The molecule has 0 saturated carbocycles. The van der Waals surface area contributed by atoms with Crippen molar-refractivity contribution in [3.63, 3.8) is 0 Å². The molecule has 3 atom stereocenters. The first-order chi connectivity index (χ1) is 7.77. The van der Waals surface area contributed by atoms with Crippen molar-refractivity contribution in [1.29, 1.82) is 0 Å². The van der Waals surface area contributed by atoms with Crippen molar-refractivity contribution in [2.24, 2.45) is 5.92 Å². The molecule has 0 aliphatic carbocycles. The molecule has 0 aromatic heterocycles. The summed E-state index contributed by atoms with van der Waals surface area (Å²) in [6.07, 6.45) is 8.20. The first-order valence-electron chi connectivity index (χ1n) is 7.12. The third kappa shape index (κ3) is 4.84. The van der Waals surface area contributed by atoms with Crippen LogP contribution in [0.1, 0.15) is 59.3 Å². The summed E-state index contributed by atoms with van der Waals surface area (Å²) < 4.78 is 5.84. The van der Waals surface area contributed by atoms with Crippen molar-refractivity contribution < 1.29 is 4.74 Å². The lowest BCUT2D eigenvalue weighted by atomic mass is 9.90. The predicted molar refractivity (Wildman–Crippen MR) is 69.7 cm³/mol. The average Bonchev–Trinajstić information content (AvgIpc) is 2.30. The number of nitrogens with one attached hydrogen (secondary N) is 1. The number of rotatable bonds is 7. The molecule has 0 aromatic carbocycles. The monoisotopic (exact) mass is 227 g/mol. The molecular weight excluding hydrogens is 198 g/mol. The predicted octanol–water partition coefficient (Wildman–Crippen LogP) is 3.36. The molecule has 1 rings (SSSR count). The van der Waals surface area contributed by atoms with Crippen LogP contribution in [0.3, 0.4) is 0 Å². The van der Waals surface area contributed by atoms with Gasteiger partial charge in [-0.3, -0.25) is 0 Å². The van der Waals surface area contributed by atoms with Crippen LogP contribution in [0.2, 0.25) is 0 Å². The summed E-state index contributed by atoms with van der Waals surface area (Å²) in [5.74, 6) is 0.774. The van der Waals surface area contributed by atoms with E-state index in [-0.39, 0.29) is 0 Å². The van der Waals surface area contributed by atoms with Crippen LogP contribution in [0.25, 0.3) is 0 Å². The highest BCUT2D eigenvalue weighted by Gasteiger charge is 2.22. The van der Waals surface area contributed by atoms with Gasteiger partial charge in [0.15, 0.2) is 0 Å². The van der Waals surface area contributed by atoms with Crippen LogP contribution in [0, 0.1) is 5.92 Å². The summed E-state index contributed by atoms with van der Waals surface area (Å²) in [6, 6.07) is 0.646. The Balaban J connectivity index is 2.35. The molecule has 2 heteroatoms. The molecule has 0 spiro atoms. The highest BCUT2D eigenvalue weighted by atomic mass is 16.5. The van der Waals surface area contributed by atoms with Crippen LogP contribution in [-0.2, 0) is 4.74 Å². The molecule has 2 nitrogen and oxygen atoms in total. The van der Waals surface area contributed by atoms with E-state index in [1.807, 2.05) is 0 Å². The van der Waals surface area contributed by atoms with Gasteiger partial charge in [0.1, 0.15) is 0 Å². The van der Waals surface area contributed by atoms with E-state index in [0.717, 1.165) is 19.1 Å². The van der Waals surface area contributed by atoms with Gasteiger partial charge in [0.25, 0.3) is 0 Å². The van der Waals surface area contributed by atoms with Crippen molar-refractivity contribution in [3.8, 4) is 0 Å². The van der Waals surface area contributed by atoms with E-state index in [0.29, 0.717) is 12.1 Å². The van der Waals surface area contributed by atoms with E-state index < -0.39 is 0 Å². The molecule has 0 bridgehead atoms. The third-order valence-electron chi connectivity index (χ3n) is 3.69. The summed E-state index contributed by atoms with van der Waals surface area (Å²) in [7, 11) is 0. The Bertz CT molecular complexity index is 166. The van der Waals surface area contributed by atoms with Crippen molar-refractivity contribution in [1.82, 2.24) is 5.32 Å². The van der Waals surface area contributed by atoms with Crippen molar-refractivity contribution in [3.05, 3.63) is 0 Å². The largest absolute Gasteiger partial charge is 0.378 e. The molecule has 1 saturated heterocycles. The van der Waals surface area contributed by atoms with Gasteiger partial charge in [-0.1, -0.05) is 27.2 Å². The maximum Gasteiger partial charge on any atom is 0.0590 e. The van der Waals surface area contributed by atoms with E-state index in [4.69, 9.17) is 4.74 Å². The van der Waals surface area contributed by atoms with Gasteiger partial charge in [-0.25, -0.2) is 0 Å². The first-order valence-corrected chi connectivity index (χ1v) is 7.12. The van der Waals surface area contributed by atoms with E-state index in [1.165, 1.54) is 38.5 Å². The van der Waals surface area contributed by atoms with Gasteiger partial charge in [-0.2, -0.15) is 0 Å². The van der Waals surface area contributed by atoms with Crippen LogP contribution in [0.15, 0.2) is 0 Å². The van der Waals surface area contributed by atoms with Crippen molar-refractivity contribution >= 4 is 0 Å². The molecule has 96 valence electrons. The van der Waals surface area contributed by atoms with Gasteiger partial charge in [0.05, 0.1) is 6.10 Å². The minimum absolute atomic E-state index is 0.511. The summed E-state index contributed by atoms with van der Waals surface area (Å²) in [6.45, 7) is 8.90. The summed E-state index contributed by atoms with van der Waals surface area (Å²) in [5.41, 5.74) is 0. The normalized spacial score (nSPS) is 25.3. The molecule has 1 heterocycles. The van der Waals surface area contributed by atoms with E-state index in [2.05, 4.69) is 26.1 Å². The van der Waals surface area contributed by atoms with Gasteiger partial charge in [0.2, 0.25) is 0 Å². The topological polar surface area (TPSA) is 21.3 Å². The summed E-state index contributed by atoms with van der Waals surface area (Å²) in [5, 5.41) is 3.63. The molecule has 1 N–H and O–H groups in total. The molecule has 1 aliphatic rings. The third-order valence-corrected chi connectivity index (χ3v) is 3.69. The van der Waals surface area contributed by atoms with Crippen LogP contribution in [-0.4, -0.2) is 25.3 Å². The Hall–Kier alpha value is -0.0800. The zero-order chi connectivity index (χ0) is 11.8. The Kier molecular flexibility index (Phi) is 7.06. The molecule has 0 amide bonds. The lowest BCUT2D eigenvalue weighted by molar-refractivity contribution is 0.00148. The van der Waals surface area contributed by atoms with Gasteiger partial charge in [-0.15, -0.1) is 0 Å². The fourth-order valence-corrected chi connectivity index (χ4v) is 2.71. The lowest BCUT2D eigenvalue weighted by Gasteiger charge is -2.30. The second-order valence-electron chi connectivity index (χ2n) is 5.15. The Labute approximate surface area is 101 Å². The van der Waals surface area contributed by atoms with Crippen LogP contribution < -0.4 is 5.32 Å².